The number of piperidine rings is 1. The third kappa shape index (κ3) is 6.27. The highest BCUT2D eigenvalue weighted by atomic mass is 35.5. The van der Waals surface area contributed by atoms with Crippen molar-refractivity contribution >= 4 is 49.4 Å². The molecule has 2 atom stereocenters. The molecule has 1 aliphatic rings. The first-order chi connectivity index (χ1) is 13.8. The number of benzene rings is 2. The van der Waals surface area contributed by atoms with Crippen molar-refractivity contribution in [3.05, 3.63) is 42.0 Å². The molecule has 1 saturated heterocycles. The van der Waals surface area contributed by atoms with Crippen LogP contribution >= 0.6 is 24.8 Å². The lowest BCUT2D eigenvalue weighted by atomic mass is 9.61. The number of aromatic hydroxyl groups is 1. The van der Waals surface area contributed by atoms with Gasteiger partial charge in [-0.25, -0.2) is 0 Å². The summed E-state index contributed by atoms with van der Waals surface area (Å²) in [5, 5.41) is 30.6. The fraction of sp³-hybridized carbons (Fsp3) is 0.500. The molecule has 170 valence electrons. The molecule has 0 amide bonds. The van der Waals surface area contributed by atoms with E-state index in [9.17, 15) is 15.0 Å². The predicted molar refractivity (Wildman–Crippen MR) is 128 cm³/mol. The Hall–Kier alpha value is -1.51. The molecule has 9 heteroatoms. The highest BCUT2D eigenvalue weighted by Crippen LogP contribution is 2.37. The topological polar surface area (TPSA) is 107 Å². The maximum Gasteiger partial charge on any atom is 0.323 e. The Kier molecular flexibility index (Phi) is 10.6. The third-order valence-corrected chi connectivity index (χ3v) is 6.21. The van der Waals surface area contributed by atoms with E-state index in [2.05, 4.69) is 17.0 Å². The Morgan fingerprint density at radius 3 is 2.42 bits per heavy atom. The molecule has 0 aromatic heterocycles. The highest BCUT2D eigenvalue weighted by molar-refractivity contribution is 6.15. The Morgan fingerprint density at radius 2 is 1.81 bits per heavy atom. The van der Waals surface area contributed by atoms with Crippen LogP contribution in [-0.4, -0.2) is 59.3 Å². The largest absolute Gasteiger partial charge is 0.508 e. The number of hydrogen-bond donors (Lipinski definition) is 4. The van der Waals surface area contributed by atoms with Gasteiger partial charge in [0.2, 0.25) is 0 Å². The summed E-state index contributed by atoms with van der Waals surface area (Å²) < 4.78 is 0. The summed E-state index contributed by atoms with van der Waals surface area (Å²) >= 11 is 0. The van der Waals surface area contributed by atoms with Crippen molar-refractivity contribution in [2.24, 2.45) is 11.7 Å². The van der Waals surface area contributed by atoms with Crippen molar-refractivity contribution < 1.29 is 20.1 Å². The molecule has 6 nitrogen and oxygen atoms in total. The van der Waals surface area contributed by atoms with Gasteiger partial charge in [-0.15, -0.1) is 24.8 Å². The Balaban J connectivity index is 0.00000240. The average Bonchev–Trinajstić information content (AvgIpc) is 2.71. The minimum Gasteiger partial charge on any atom is -0.508 e. The SMILES string of the molecule is Cl.Cl.[B]C(CCCO)C(N)(C(=O)O)C1CCN(Cc2ccc3ccc(O)cc3c2)CC1. The van der Waals surface area contributed by atoms with Gasteiger partial charge in [0.1, 0.15) is 11.3 Å². The second kappa shape index (κ2) is 11.9. The standard InChI is InChI=1S/C22H29BN2O4.2ClH/c23-20(2-1-11-26)22(24,21(28)29)18-7-9-25(10-8-18)14-15-3-4-16-5-6-19(27)13-17(16)12-15;;/h3-6,12-13,18,20,26-27H,1-2,7-11,14,24H2,(H,28,29);2*1H. The molecule has 0 bridgehead atoms. The number of nitrogens with zero attached hydrogens (tertiary/aromatic N) is 1. The van der Waals surface area contributed by atoms with E-state index in [-0.39, 0.29) is 43.1 Å². The Labute approximate surface area is 197 Å². The second-order valence-corrected chi connectivity index (χ2v) is 8.13. The first-order valence-corrected chi connectivity index (χ1v) is 10.2. The zero-order valence-corrected chi connectivity index (χ0v) is 19.1. The van der Waals surface area contributed by atoms with Gasteiger partial charge in [0.05, 0.1) is 7.85 Å². The molecule has 1 fully saturated rings. The fourth-order valence-corrected chi connectivity index (χ4v) is 4.39. The molecule has 0 saturated carbocycles. The quantitative estimate of drug-likeness (QED) is 0.443. The molecule has 2 radical (unpaired) electrons. The smallest absolute Gasteiger partial charge is 0.323 e. The van der Waals surface area contributed by atoms with Gasteiger partial charge in [0.15, 0.2) is 0 Å². The maximum absolute atomic E-state index is 11.9. The number of carbonyl (C=O) groups is 1. The number of phenols is 1. The lowest BCUT2D eigenvalue weighted by Gasteiger charge is -2.43. The maximum atomic E-state index is 11.9. The monoisotopic (exact) mass is 468 g/mol. The molecule has 2 aromatic rings. The molecule has 2 unspecified atom stereocenters. The van der Waals surface area contributed by atoms with Crippen LogP contribution in [0, 0.1) is 5.92 Å². The minimum absolute atomic E-state index is 0. The summed E-state index contributed by atoms with van der Waals surface area (Å²) in [4.78, 5) is 14.2. The number of fused-ring (bicyclic) bond motifs is 1. The summed E-state index contributed by atoms with van der Waals surface area (Å²) in [6.45, 7) is 2.24. The van der Waals surface area contributed by atoms with Crippen LogP contribution in [0.1, 0.15) is 31.2 Å². The number of phenolic OH excluding ortho intramolecular Hbond substituents is 1. The van der Waals surface area contributed by atoms with Gasteiger partial charge < -0.3 is 21.1 Å². The average molecular weight is 469 g/mol. The van der Waals surface area contributed by atoms with Crippen molar-refractivity contribution in [3.63, 3.8) is 0 Å². The molecule has 1 heterocycles. The molecular formula is C22H31BCl2N2O4. The van der Waals surface area contributed by atoms with Crippen molar-refractivity contribution in [2.45, 2.75) is 43.6 Å². The van der Waals surface area contributed by atoms with Crippen molar-refractivity contribution in [1.82, 2.24) is 4.90 Å². The van der Waals surface area contributed by atoms with Gasteiger partial charge in [-0.3, -0.25) is 9.69 Å². The number of aliphatic hydroxyl groups is 1. The van der Waals surface area contributed by atoms with Crippen molar-refractivity contribution in [1.29, 1.82) is 0 Å². The van der Waals surface area contributed by atoms with Crippen LogP contribution in [0.4, 0.5) is 0 Å². The number of nitrogens with two attached hydrogens (primary N) is 1. The molecule has 0 aliphatic carbocycles. The fourth-order valence-electron chi connectivity index (χ4n) is 4.39. The van der Waals surface area contributed by atoms with E-state index < -0.39 is 17.3 Å². The van der Waals surface area contributed by atoms with E-state index in [4.69, 9.17) is 18.7 Å². The molecule has 5 N–H and O–H groups in total. The molecule has 2 aromatic carbocycles. The highest BCUT2D eigenvalue weighted by Gasteiger charge is 2.46. The summed E-state index contributed by atoms with van der Waals surface area (Å²) in [6.07, 6.45) is 2.18. The minimum atomic E-state index is -1.47. The van der Waals surface area contributed by atoms with Gasteiger partial charge >= 0.3 is 5.97 Å². The Bertz CT molecular complexity index is 865. The van der Waals surface area contributed by atoms with Crippen LogP contribution in [0.25, 0.3) is 10.8 Å². The number of aliphatic carboxylic acids is 1. The summed E-state index contributed by atoms with van der Waals surface area (Å²) in [7, 11) is 6.14. The van der Waals surface area contributed by atoms with Crippen LogP contribution in [0.15, 0.2) is 36.4 Å². The number of aliphatic hydroxyl groups excluding tert-OH is 1. The van der Waals surface area contributed by atoms with Crippen LogP contribution in [0.3, 0.4) is 0 Å². The van der Waals surface area contributed by atoms with Crippen LogP contribution in [0.2, 0.25) is 5.82 Å². The summed E-state index contributed by atoms with van der Waals surface area (Å²) in [5.74, 6) is -1.69. The number of likely N-dealkylation sites (tertiary alicyclic amines) is 1. The normalized spacial score (nSPS) is 17.9. The van der Waals surface area contributed by atoms with E-state index in [1.807, 2.05) is 12.1 Å². The first kappa shape index (κ1) is 27.5. The summed E-state index contributed by atoms with van der Waals surface area (Å²) in [6, 6.07) is 11.5. The third-order valence-electron chi connectivity index (χ3n) is 6.21. The van der Waals surface area contributed by atoms with Crippen LogP contribution < -0.4 is 5.73 Å². The zero-order valence-electron chi connectivity index (χ0n) is 17.4. The van der Waals surface area contributed by atoms with Gasteiger partial charge in [-0.1, -0.05) is 24.6 Å². The zero-order chi connectivity index (χ0) is 21.0. The lowest BCUT2D eigenvalue weighted by molar-refractivity contribution is -0.147. The first-order valence-electron chi connectivity index (χ1n) is 10.2. The predicted octanol–water partition coefficient (Wildman–Crippen LogP) is 3.11. The van der Waals surface area contributed by atoms with Gasteiger partial charge in [0.25, 0.3) is 0 Å². The summed E-state index contributed by atoms with van der Waals surface area (Å²) in [5.41, 5.74) is 6.01. The molecule has 31 heavy (non-hydrogen) atoms. The van der Waals surface area contributed by atoms with Crippen LogP contribution in [0.5, 0.6) is 5.75 Å². The molecule has 0 spiro atoms. The number of carboxylic acid groups (broad SMARTS) is 1. The van der Waals surface area contributed by atoms with Crippen molar-refractivity contribution in [2.75, 3.05) is 19.7 Å². The number of carboxylic acids is 1. The molecule has 3 rings (SSSR count). The van der Waals surface area contributed by atoms with Crippen LogP contribution in [-0.2, 0) is 11.3 Å². The van der Waals surface area contributed by atoms with E-state index in [0.29, 0.717) is 25.7 Å². The Morgan fingerprint density at radius 1 is 1.16 bits per heavy atom. The van der Waals surface area contributed by atoms with E-state index in [0.717, 1.165) is 36.0 Å². The number of hydrogen-bond acceptors (Lipinski definition) is 5. The van der Waals surface area contributed by atoms with Gasteiger partial charge in [-0.2, -0.15) is 0 Å². The van der Waals surface area contributed by atoms with E-state index in [1.54, 1.807) is 12.1 Å². The van der Waals surface area contributed by atoms with Gasteiger partial charge in [-0.05, 0) is 78.6 Å². The van der Waals surface area contributed by atoms with E-state index in [1.165, 1.54) is 0 Å². The number of halogens is 2. The molecular weight excluding hydrogens is 438 g/mol. The molecule has 1 aliphatic heterocycles. The van der Waals surface area contributed by atoms with Gasteiger partial charge in [0, 0.05) is 13.2 Å². The second-order valence-electron chi connectivity index (χ2n) is 8.13. The van der Waals surface area contributed by atoms with E-state index >= 15 is 0 Å². The number of rotatable bonds is 8. The lowest BCUT2D eigenvalue weighted by Crippen LogP contribution is -2.59. The van der Waals surface area contributed by atoms with Crippen molar-refractivity contribution in [3.8, 4) is 5.75 Å².